The Morgan fingerprint density at radius 1 is 1.21 bits per heavy atom. The number of methoxy groups -OCH3 is 1. The van der Waals surface area contributed by atoms with Gasteiger partial charge in [-0.2, -0.15) is 0 Å². The second-order valence-electron chi connectivity index (χ2n) is 4.03. The summed E-state index contributed by atoms with van der Waals surface area (Å²) >= 11 is 9.50. The minimum Gasteiger partial charge on any atom is -0.497 e. The molecule has 2 aromatic carbocycles. The smallest absolute Gasteiger partial charge is 0.123 e. The van der Waals surface area contributed by atoms with Crippen molar-refractivity contribution in [2.45, 2.75) is 6.04 Å². The maximum absolute atomic E-state index is 13.3. The van der Waals surface area contributed by atoms with Crippen molar-refractivity contribution in [3.8, 4) is 5.75 Å². The zero-order valence-corrected chi connectivity index (χ0v) is 12.5. The highest BCUT2D eigenvalue weighted by Crippen LogP contribution is 2.33. The van der Waals surface area contributed by atoms with E-state index in [1.165, 1.54) is 18.2 Å². The van der Waals surface area contributed by atoms with Crippen LogP contribution in [0.15, 0.2) is 40.9 Å². The molecule has 2 rings (SSSR count). The lowest BCUT2D eigenvalue weighted by atomic mass is 9.99. The molecule has 100 valence electrons. The van der Waals surface area contributed by atoms with Gasteiger partial charge in [-0.25, -0.2) is 4.39 Å². The van der Waals surface area contributed by atoms with E-state index in [-0.39, 0.29) is 5.82 Å². The van der Waals surface area contributed by atoms with Crippen LogP contribution in [0.1, 0.15) is 17.2 Å². The fraction of sp³-hybridized carbons (Fsp3) is 0.143. The Morgan fingerprint density at radius 3 is 2.63 bits per heavy atom. The molecule has 0 bridgehead atoms. The summed E-state index contributed by atoms with van der Waals surface area (Å²) in [6.45, 7) is 0. The average Bonchev–Trinajstić information content (AvgIpc) is 2.41. The third-order valence-corrected chi connectivity index (χ3v) is 3.90. The van der Waals surface area contributed by atoms with Gasteiger partial charge in [0.05, 0.1) is 13.2 Å². The molecule has 0 radical (unpaired) electrons. The number of ether oxygens (including phenoxy) is 1. The molecule has 2 N–H and O–H groups in total. The predicted molar refractivity (Wildman–Crippen MR) is 78.1 cm³/mol. The summed E-state index contributed by atoms with van der Waals surface area (Å²) < 4.78 is 19.3. The summed E-state index contributed by atoms with van der Waals surface area (Å²) in [5, 5.41) is 0.434. The minimum atomic E-state index is -0.535. The summed E-state index contributed by atoms with van der Waals surface area (Å²) in [7, 11) is 1.58. The largest absolute Gasteiger partial charge is 0.497 e. The maximum atomic E-state index is 13.3. The van der Waals surface area contributed by atoms with Crippen LogP contribution in [-0.4, -0.2) is 7.11 Å². The van der Waals surface area contributed by atoms with E-state index >= 15 is 0 Å². The number of halogens is 3. The minimum absolute atomic E-state index is 0.367. The Hall–Kier alpha value is -1.10. The van der Waals surface area contributed by atoms with Gasteiger partial charge in [0.2, 0.25) is 0 Å². The molecule has 2 nitrogen and oxygen atoms in total. The Labute approximate surface area is 124 Å². The fourth-order valence-corrected chi connectivity index (χ4v) is 2.54. The van der Waals surface area contributed by atoms with Gasteiger partial charge >= 0.3 is 0 Å². The van der Waals surface area contributed by atoms with Gasteiger partial charge in [-0.05, 0) is 47.5 Å². The van der Waals surface area contributed by atoms with E-state index in [9.17, 15) is 4.39 Å². The lowest BCUT2D eigenvalue weighted by molar-refractivity contribution is 0.414. The van der Waals surface area contributed by atoms with Crippen molar-refractivity contribution in [3.05, 3.63) is 62.8 Å². The van der Waals surface area contributed by atoms with Gasteiger partial charge in [-0.3, -0.25) is 0 Å². The first-order valence-corrected chi connectivity index (χ1v) is 6.74. The van der Waals surface area contributed by atoms with Crippen molar-refractivity contribution < 1.29 is 9.13 Å². The van der Waals surface area contributed by atoms with Crippen LogP contribution in [0.5, 0.6) is 5.75 Å². The Kier molecular flexibility index (Phi) is 4.45. The van der Waals surface area contributed by atoms with Crippen LogP contribution in [0.4, 0.5) is 4.39 Å². The van der Waals surface area contributed by atoms with Gasteiger partial charge in [0, 0.05) is 9.50 Å². The van der Waals surface area contributed by atoms with Gasteiger partial charge in [-0.1, -0.05) is 27.5 Å². The molecule has 5 heteroatoms. The van der Waals surface area contributed by atoms with E-state index < -0.39 is 6.04 Å². The van der Waals surface area contributed by atoms with Crippen molar-refractivity contribution in [2.24, 2.45) is 5.73 Å². The molecule has 1 unspecified atom stereocenters. The number of benzene rings is 2. The second kappa shape index (κ2) is 5.90. The molecule has 0 saturated carbocycles. The highest BCUT2D eigenvalue weighted by Gasteiger charge is 2.16. The lowest BCUT2D eigenvalue weighted by Crippen LogP contribution is -2.13. The van der Waals surface area contributed by atoms with E-state index in [0.717, 1.165) is 10.0 Å². The molecule has 0 aliphatic carbocycles. The third-order valence-electron chi connectivity index (χ3n) is 2.83. The monoisotopic (exact) mass is 343 g/mol. The Morgan fingerprint density at radius 2 is 1.95 bits per heavy atom. The quantitative estimate of drug-likeness (QED) is 0.901. The summed E-state index contributed by atoms with van der Waals surface area (Å²) in [6.07, 6.45) is 0. The SMILES string of the molecule is COc1ccc(Br)c(C(N)c2cc(F)ccc2Cl)c1. The Balaban J connectivity index is 2.48. The van der Waals surface area contributed by atoms with Crippen molar-refractivity contribution in [1.82, 2.24) is 0 Å². The van der Waals surface area contributed by atoms with E-state index in [1.54, 1.807) is 13.2 Å². The number of nitrogens with two attached hydrogens (primary N) is 1. The molecule has 0 saturated heterocycles. The van der Waals surface area contributed by atoms with Crippen molar-refractivity contribution in [2.75, 3.05) is 7.11 Å². The highest BCUT2D eigenvalue weighted by atomic mass is 79.9. The zero-order chi connectivity index (χ0) is 14.0. The maximum Gasteiger partial charge on any atom is 0.123 e. The van der Waals surface area contributed by atoms with Gasteiger partial charge in [0.1, 0.15) is 11.6 Å². The third kappa shape index (κ3) is 3.08. The van der Waals surface area contributed by atoms with E-state index in [1.807, 2.05) is 12.1 Å². The van der Waals surface area contributed by atoms with Crippen LogP contribution >= 0.6 is 27.5 Å². The number of rotatable bonds is 3. The van der Waals surface area contributed by atoms with Gasteiger partial charge in [0.25, 0.3) is 0 Å². The van der Waals surface area contributed by atoms with Crippen molar-refractivity contribution in [3.63, 3.8) is 0 Å². The number of hydrogen-bond acceptors (Lipinski definition) is 2. The highest BCUT2D eigenvalue weighted by molar-refractivity contribution is 9.10. The summed E-state index contributed by atoms with van der Waals surface area (Å²) in [6, 6.07) is 9.07. The second-order valence-corrected chi connectivity index (χ2v) is 5.29. The van der Waals surface area contributed by atoms with E-state index in [2.05, 4.69) is 15.9 Å². The molecule has 1 atom stereocenters. The van der Waals surface area contributed by atoms with E-state index in [0.29, 0.717) is 16.3 Å². The number of hydrogen-bond donors (Lipinski definition) is 1. The molecular formula is C14H12BrClFNO. The lowest BCUT2D eigenvalue weighted by Gasteiger charge is -2.17. The van der Waals surface area contributed by atoms with Crippen LogP contribution in [0.2, 0.25) is 5.02 Å². The molecule has 0 spiro atoms. The summed E-state index contributed by atoms with van der Waals surface area (Å²) in [5.74, 6) is 0.315. The molecule has 0 heterocycles. The first kappa shape index (κ1) is 14.3. The average molecular weight is 345 g/mol. The standard InChI is InChI=1S/C14H12BrClFNO/c1-19-9-3-4-12(15)10(7-9)14(18)11-6-8(17)2-5-13(11)16/h2-7,14H,18H2,1H3. The van der Waals surface area contributed by atoms with Gasteiger partial charge < -0.3 is 10.5 Å². The molecular weight excluding hydrogens is 333 g/mol. The van der Waals surface area contributed by atoms with Crippen LogP contribution in [0.3, 0.4) is 0 Å². The van der Waals surface area contributed by atoms with Gasteiger partial charge in [-0.15, -0.1) is 0 Å². The molecule has 0 aromatic heterocycles. The predicted octanol–water partition coefficient (Wildman–Crippen LogP) is 4.30. The van der Waals surface area contributed by atoms with Crippen molar-refractivity contribution >= 4 is 27.5 Å². The first-order valence-electron chi connectivity index (χ1n) is 5.57. The summed E-state index contributed by atoms with van der Waals surface area (Å²) in [4.78, 5) is 0. The molecule has 0 aliphatic rings. The first-order chi connectivity index (χ1) is 9.02. The fourth-order valence-electron chi connectivity index (χ4n) is 1.81. The molecule has 0 aliphatic heterocycles. The molecule has 0 amide bonds. The molecule has 19 heavy (non-hydrogen) atoms. The van der Waals surface area contributed by atoms with Crippen molar-refractivity contribution in [1.29, 1.82) is 0 Å². The van der Waals surface area contributed by atoms with Crippen LogP contribution in [-0.2, 0) is 0 Å². The molecule has 2 aromatic rings. The summed E-state index contributed by atoms with van der Waals surface area (Å²) in [5.41, 5.74) is 7.50. The topological polar surface area (TPSA) is 35.2 Å². The van der Waals surface area contributed by atoms with Crippen LogP contribution < -0.4 is 10.5 Å². The zero-order valence-electron chi connectivity index (χ0n) is 10.2. The molecule has 0 fully saturated rings. The van der Waals surface area contributed by atoms with E-state index in [4.69, 9.17) is 22.1 Å². The van der Waals surface area contributed by atoms with Crippen LogP contribution in [0, 0.1) is 5.82 Å². The normalized spacial score (nSPS) is 12.3. The Bertz CT molecular complexity index is 606. The van der Waals surface area contributed by atoms with Gasteiger partial charge in [0.15, 0.2) is 0 Å². The van der Waals surface area contributed by atoms with Crippen LogP contribution in [0.25, 0.3) is 0 Å².